The average Bonchev–Trinajstić information content (AvgIpc) is 3.35. The van der Waals surface area contributed by atoms with Crippen LogP contribution in [0.15, 0.2) is 66.7 Å². The van der Waals surface area contributed by atoms with Gasteiger partial charge in [-0.25, -0.2) is 9.59 Å². The van der Waals surface area contributed by atoms with E-state index in [1.807, 2.05) is 0 Å². The molecule has 14 heteroatoms. The number of esters is 5. The summed E-state index contributed by atoms with van der Waals surface area (Å²) in [7, 11) is 1.73. The van der Waals surface area contributed by atoms with Crippen molar-refractivity contribution in [2.24, 2.45) is 11.8 Å². The maximum atomic E-state index is 13.2. The molecule has 2 aliphatic rings. The van der Waals surface area contributed by atoms with Crippen LogP contribution in [0, 0.1) is 11.8 Å². The highest BCUT2D eigenvalue weighted by Crippen LogP contribution is 2.32. The number of ether oxygens (including phenoxy) is 8. The van der Waals surface area contributed by atoms with Gasteiger partial charge in [-0.05, 0) is 157 Å². The summed E-state index contributed by atoms with van der Waals surface area (Å²) < 4.78 is 44.6. The number of benzene rings is 3. The first-order chi connectivity index (χ1) is 32.6. The number of hydrogen-bond donors (Lipinski definition) is 0. The Balaban J connectivity index is 0.949. The molecular formula is C53H68O14. The van der Waals surface area contributed by atoms with Gasteiger partial charge < -0.3 is 37.9 Å². The predicted octanol–water partition coefficient (Wildman–Crippen LogP) is 10.4. The van der Waals surface area contributed by atoms with Crippen molar-refractivity contribution in [3.05, 3.63) is 83.4 Å². The van der Waals surface area contributed by atoms with Crippen molar-refractivity contribution >= 4 is 36.1 Å². The molecule has 0 bridgehead atoms. The van der Waals surface area contributed by atoms with Crippen LogP contribution in [0.5, 0.6) is 23.0 Å². The van der Waals surface area contributed by atoms with Crippen molar-refractivity contribution < 1.29 is 66.7 Å². The second-order valence-corrected chi connectivity index (χ2v) is 17.3. The fourth-order valence-electron chi connectivity index (χ4n) is 8.13. The SMILES string of the molecule is CCC(=O)OCCCCCCOc1ccc(C(=O)O[C@H]2CC[C@H](C(=O)Oc3ccc(C(=O)O[C@H]4CC[C@H](C(=O)Oc5ccc(OCCCCCCCCOC)cc5)CC4)c(C=O)c3)CC2)cc1. The van der Waals surface area contributed by atoms with Crippen LogP contribution in [-0.4, -0.2) is 81.9 Å². The van der Waals surface area contributed by atoms with E-state index in [2.05, 4.69) is 0 Å². The van der Waals surface area contributed by atoms with E-state index < -0.39 is 29.9 Å². The van der Waals surface area contributed by atoms with E-state index in [1.54, 1.807) is 62.6 Å². The van der Waals surface area contributed by atoms with Gasteiger partial charge in [0, 0.05) is 25.7 Å². The van der Waals surface area contributed by atoms with Crippen molar-refractivity contribution in [2.75, 3.05) is 33.5 Å². The van der Waals surface area contributed by atoms with E-state index in [0.717, 1.165) is 57.3 Å². The van der Waals surface area contributed by atoms with Gasteiger partial charge in [0.2, 0.25) is 0 Å². The van der Waals surface area contributed by atoms with Gasteiger partial charge in [0.25, 0.3) is 0 Å². The van der Waals surface area contributed by atoms with Gasteiger partial charge in [0.1, 0.15) is 35.2 Å². The Morgan fingerprint density at radius 1 is 0.522 bits per heavy atom. The summed E-state index contributed by atoms with van der Waals surface area (Å²) in [6.07, 6.45) is 14.3. The minimum Gasteiger partial charge on any atom is -0.494 e. The zero-order valence-electron chi connectivity index (χ0n) is 39.2. The topological polar surface area (TPSA) is 176 Å². The zero-order chi connectivity index (χ0) is 47.6. The van der Waals surface area contributed by atoms with Gasteiger partial charge in [-0.2, -0.15) is 0 Å². The van der Waals surface area contributed by atoms with Crippen LogP contribution in [0.25, 0.3) is 0 Å². The second-order valence-electron chi connectivity index (χ2n) is 17.3. The molecule has 2 saturated carbocycles. The summed E-state index contributed by atoms with van der Waals surface area (Å²) >= 11 is 0. The van der Waals surface area contributed by atoms with Gasteiger partial charge in [-0.15, -0.1) is 0 Å². The first-order valence-electron chi connectivity index (χ1n) is 24.2. The molecule has 14 nitrogen and oxygen atoms in total. The molecule has 0 aromatic heterocycles. The summed E-state index contributed by atoms with van der Waals surface area (Å²) in [6, 6.07) is 18.1. The highest BCUT2D eigenvalue weighted by molar-refractivity contribution is 5.98. The lowest BCUT2D eigenvalue weighted by Crippen LogP contribution is -2.30. The number of carbonyl (C=O) groups is 6. The Bertz CT molecular complexity index is 2000. The van der Waals surface area contributed by atoms with E-state index in [9.17, 15) is 28.8 Å². The van der Waals surface area contributed by atoms with Crippen LogP contribution in [0.1, 0.15) is 160 Å². The maximum absolute atomic E-state index is 13.2. The molecule has 0 spiro atoms. The van der Waals surface area contributed by atoms with Crippen molar-refractivity contribution in [1.29, 1.82) is 0 Å². The van der Waals surface area contributed by atoms with Crippen LogP contribution in [0.4, 0.5) is 0 Å². The zero-order valence-corrected chi connectivity index (χ0v) is 39.2. The first-order valence-corrected chi connectivity index (χ1v) is 24.2. The fourth-order valence-corrected chi connectivity index (χ4v) is 8.13. The molecule has 0 saturated heterocycles. The van der Waals surface area contributed by atoms with E-state index in [1.165, 1.54) is 37.5 Å². The molecule has 3 aromatic carbocycles. The molecule has 0 radical (unpaired) electrons. The third-order valence-electron chi connectivity index (χ3n) is 12.2. The van der Waals surface area contributed by atoms with E-state index in [-0.39, 0.29) is 40.8 Å². The summed E-state index contributed by atoms with van der Waals surface area (Å²) in [4.78, 5) is 75.4. The minimum absolute atomic E-state index is 0.0310. The largest absolute Gasteiger partial charge is 0.494 e. The Labute approximate surface area is 394 Å². The van der Waals surface area contributed by atoms with Gasteiger partial charge in [-0.3, -0.25) is 19.2 Å². The summed E-state index contributed by atoms with van der Waals surface area (Å²) in [5.74, 6) is -0.888. The number of hydrogen-bond acceptors (Lipinski definition) is 14. The number of carbonyl (C=O) groups excluding carboxylic acids is 6. The van der Waals surface area contributed by atoms with Gasteiger partial charge >= 0.3 is 29.8 Å². The van der Waals surface area contributed by atoms with Gasteiger partial charge in [0.15, 0.2) is 6.29 Å². The number of unbranched alkanes of at least 4 members (excludes halogenated alkanes) is 8. The average molecular weight is 929 g/mol. The van der Waals surface area contributed by atoms with Gasteiger partial charge in [-0.1, -0.05) is 32.6 Å². The Morgan fingerprint density at radius 3 is 1.49 bits per heavy atom. The molecule has 364 valence electrons. The molecule has 0 atom stereocenters. The summed E-state index contributed by atoms with van der Waals surface area (Å²) in [6.45, 7) is 4.21. The van der Waals surface area contributed by atoms with Crippen LogP contribution >= 0.6 is 0 Å². The third kappa shape index (κ3) is 18.4. The number of aldehydes is 1. The molecule has 0 unspecified atom stereocenters. The molecule has 0 aliphatic heterocycles. The molecule has 2 aliphatic carbocycles. The highest BCUT2D eigenvalue weighted by atomic mass is 16.6. The Morgan fingerprint density at radius 2 is 0.970 bits per heavy atom. The Kier molecular flexibility index (Phi) is 22.7. The van der Waals surface area contributed by atoms with Crippen molar-refractivity contribution in [3.63, 3.8) is 0 Å². The van der Waals surface area contributed by atoms with Crippen LogP contribution in [-0.2, 0) is 33.3 Å². The molecule has 5 rings (SSSR count). The van der Waals surface area contributed by atoms with Crippen LogP contribution in [0.3, 0.4) is 0 Å². The van der Waals surface area contributed by atoms with Crippen molar-refractivity contribution in [2.45, 2.75) is 141 Å². The van der Waals surface area contributed by atoms with Crippen LogP contribution < -0.4 is 18.9 Å². The predicted molar refractivity (Wildman–Crippen MR) is 249 cm³/mol. The standard InChI is InChI=1S/C53H68O14/c1-3-49(55)63-35-13-9-8-12-34-61-42-20-14-38(15-21-42)50(56)64-44-22-16-40(17-23-44)52(58)67-47-30-31-48(41(36-47)37-54)53(59)66-45-24-18-39(19-25-45)51(57)65-46-28-26-43(27-29-46)62-33-11-7-5-4-6-10-32-60-2/h14-15,20-21,26-31,36-37,39-40,44-45H,3-13,16-19,22-25,32-35H2,1-2H3/t39-,40-,44-,45-. The Hall–Kier alpha value is -5.76. The summed E-state index contributed by atoms with van der Waals surface area (Å²) in [5, 5.41) is 0. The first kappa shape index (κ1) is 52.2. The lowest BCUT2D eigenvalue weighted by atomic mass is 9.87. The normalized spacial score (nSPS) is 17.9. The van der Waals surface area contributed by atoms with Crippen LogP contribution in [0.2, 0.25) is 0 Å². The molecule has 0 N–H and O–H groups in total. The van der Waals surface area contributed by atoms with E-state index >= 15 is 0 Å². The second kappa shape index (κ2) is 29.1. The lowest BCUT2D eigenvalue weighted by Gasteiger charge is -2.27. The van der Waals surface area contributed by atoms with Gasteiger partial charge in [0.05, 0.1) is 42.8 Å². The molecular weight excluding hydrogens is 861 g/mol. The van der Waals surface area contributed by atoms with E-state index in [4.69, 9.17) is 37.9 Å². The maximum Gasteiger partial charge on any atom is 0.339 e. The molecule has 0 heterocycles. The monoisotopic (exact) mass is 928 g/mol. The smallest absolute Gasteiger partial charge is 0.339 e. The highest BCUT2D eigenvalue weighted by Gasteiger charge is 2.32. The minimum atomic E-state index is -0.670. The third-order valence-corrected chi connectivity index (χ3v) is 12.2. The fraction of sp³-hybridized carbons (Fsp3) is 0.547. The van der Waals surface area contributed by atoms with E-state index in [0.29, 0.717) is 101 Å². The quantitative estimate of drug-likeness (QED) is 0.0221. The molecule has 3 aromatic rings. The molecule has 0 amide bonds. The number of methoxy groups -OCH3 is 1. The molecule has 2 fully saturated rings. The lowest BCUT2D eigenvalue weighted by molar-refractivity contribution is -0.143. The van der Waals surface area contributed by atoms with Crippen molar-refractivity contribution in [1.82, 2.24) is 0 Å². The molecule has 67 heavy (non-hydrogen) atoms. The summed E-state index contributed by atoms with van der Waals surface area (Å²) in [5.41, 5.74) is 0.492. The van der Waals surface area contributed by atoms with Crippen molar-refractivity contribution in [3.8, 4) is 23.0 Å². The number of rotatable bonds is 28.